The van der Waals surface area contributed by atoms with Crippen LogP contribution in [-0.2, 0) is 18.5 Å². The number of fused-ring (bicyclic) bond motifs is 2. The van der Waals surface area contributed by atoms with Crippen LogP contribution in [0.15, 0.2) is 59.3 Å². The number of amides is 1. The molecule has 5 rings (SSSR count). The third-order valence-corrected chi connectivity index (χ3v) is 9.04. The molecule has 40 heavy (non-hydrogen) atoms. The SMILES string of the molecule is C[C@@H](NC(=O)c1cn(COCC[Si](C)(C)C)c2ncc(-c3nn(C)c4cc(F)ccc34)nc12)c1ccc(Br)cc1. The number of ether oxygens (including phenoxy) is 1. The van der Waals surface area contributed by atoms with Crippen molar-refractivity contribution < 1.29 is 13.9 Å². The second-order valence-corrected chi connectivity index (χ2v) is 17.7. The molecule has 0 unspecified atom stereocenters. The van der Waals surface area contributed by atoms with E-state index in [1.165, 1.54) is 12.1 Å². The predicted molar refractivity (Wildman–Crippen MR) is 161 cm³/mol. The number of aromatic nitrogens is 5. The first-order chi connectivity index (χ1) is 19.0. The second kappa shape index (κ2) is 11.2. The minimum atomic E-state index is -1.25. The minimum Gasteiger partial charge on any atom is -0.361 e. The van der Waals surface area contributed by atoms with Gasteiger partial charge in [0, 0.05) is 37.8 Å². The van der Waals surface area contributed by atoms with Gasteiger partial charge in [-0.2, -0.15) is 5.10 Å². The van der Waals surface area contributed by atoms with Crippen molar-refractivity contribution in [1.82, 2.24) is 29.6 Å². The number of carbonyl (C=O) groups excluding carboxylic acids is 1. The smallest absolute Gasteiger partial charge is 0.255 e. The molecule has 0 bridgehead atoms. The summed E-state index contributed by atoms with van der Waals surface area (Å²) in [5.41, 5.74) is 4.09. The van der Waals surface area contributed by atoms with Crippen molar-refractivity contribution in [3.8, 4) is 11.4 Å². The van der Waals surface area contributed by atoms with E-state index in [2.05, 4.69) is 51.0 Å². The van der Waals surface area contributed by atoms with Gasteiger partial charge in [-0.1, -0.05) is 47.7 Å². The fourth-order valence-electron chi connectivity index (χ4n) is 4.50. The highest BCUT2D eigenvalue weighted by Gasteiger charge is 2.22. The fourth-order valence-corrected chi connectivity index (χ4v) is 5.52. The summed E-state index contributed by atoms with van der Waals surface area (Å²) in [7, 11) is 0.511. The van der Waals surface area contributed by atoms with Crippen molar-refractivity contribution >= 4 is 52.0 Å². The van der Waals surface area contributed by atoms with Crippen LogP contribution in [-0.4, -0.2) is 44.9 Å². The maximum atomic E-state index is 13.9. The van der Waals surface area contributed by atoms with Gasteiger partial charge in [0.1, 0.15) is 29.5 Å². The van der Waals surface area contributed by atoms with Crippen LogP contribution in [0.4, 0.5) is 4.39 Å². The number of hydrogen-bond donors (Lipinski definition) is 1. The Morgan fingerprint density at radius 1 is 1.18 bits per heavy atom. The average Bonchev–Trinajstić information content (AvgIpc) is 3.43. The molecule has 1 amide bonds. The first-order valence-corrected chi connectivity index (χ1v) is 17.6. The summed E-state index contributed by atoms with van der Waals surface area (Å²) in [6.07, 6.45) is 3.39. The number of nitrogens with one attached hydrogen (secondary N) is 1. The number of carbonyl (C=O) groups is 1. The average molecular weight is 624 g/mol. The van der Waals surface area contributed by atoms with Gasteiger partial charge in [0.25, 0.3) is 5.91 Å². The van der Waals surface area contributed by atoms with Gasteiger partial charge >= 0.3 is 0 Å². The number of halogens is 2. The standard InChI is InChI=1S/C29H32BrFN6O2Si/c1-18(19-6-8-20(30)9-7-19)33-29(38)23-16-37(17-39-12-13-40(3,4)5)28-27(23)34-24(15-32-28)26-22-11-10-21(31)14-25(22)36(2)35-26/h6-11,14-16,18H,12-13,17H2,1-5H3,(H,33,38)/t18-/m1/s1. The lowest BCUT2D eigenvalue weighted by Gasteiger charge is -2.15. The van der Waals surface area contributed by atoms with Gasteiger partial charge in [0.15, 0.2) is 5.65 Å². The molecule has 0 radical (unpaired) electrons. The zero-order valence-corrected chi connectivity index (χ0v) is 25.8. The first-order valence-electron chi connectivity index (χ1n) is 13.1. The third-order valence-electron chi connectivity index (χ3n) is 6.81. The highest BCUT2D eigenvalue weighted by atomic mass is 79.9. The Morgan fingerprint density at radius 3 is 2.65 bits per heavy atom. The molecule has 208 valence electrons. The van der Waals surface area contributed by atoms with E-state index in [0.29, 0.717) is 40.2 Å². The minimum absolute atomic E-state index is 0.224. The monoisotopic (exact) mass is 622 g/mol. The maximum absolute atomic E-state index is 13.9. The quantitative estimate of drug-likeness (QED) is 0.146. The van der Waals surface area contributed by atoms with E-state index in [0.717, 1.165) is 21.5 Å². The van der Waals surface area contributed by atoms with Crippen molar-refractivity contribution in [3.63, 3.8) is 0 Å². The van der Waals surface area contributed by atoms with E-state index in [4.69, 9.17) is 9.72 Å². The number of aryl methyl sites for hydroxylation is 1. The number of hydrogen-bond acceptors (Lipinski definition) is 5. The number of rotatable bonds is 9. The van der Waals surface area contributed by atoms with Crippen molar-refractivity contribution in [2.75, 3.05) is 6.61 Å². The lowest BCUT2D eigenvalue weighted by Crippen LogP contribution is -2.26. The Balaban J connectivity index is 1.52. The largest absolute Gasteiger partial charge is 0.361 e. The molecule has 0 spiro atoms. The van der Waals surface area contributed by atoms with Crippen LogP contribution in [0.3, 0.4) is 0 Å². The normalized spacial score (nSPS) is 12.8. The molecule has 0 aliphatic heterocycles. The lowest BCUT2D eigenvalue weighted by atomic mass is 10.1. The van der Waals surface area contributed by atoms with Crippen LogP contribution in [0.2, 0.25) is 25.7 Å². The second-order valence-electron chi connectivity index (χ2n) is 11.2. The van der Waals surface area contributed by atoms with Crippen molar-refractivity contribution in [2.24, 2.45) is 7.05 Å². The van der Waals surface area contributed by atoms with Crippen LogP contribution < -0.4 is 5.32 Å². The molecule has 11 heteroatoms. The van der Waals surface area contributed by atoms with Gasteiger partial charge in [0.2, 0.25) is 0 Å². The highest BCUT2D eigenvalue weighted by Crippen LogP contribution is 2.29. The summed E-state index contributed by atoms with van der Waals surface area (Å²) in [4.78, 5) is 23.1. The summed E-state index contributed by atoms with van der Waals surface area (Å²) in [5.74, 6) is -0.602. The molecule has 5 aromatic rings. The van der Waals surface area contributed by atoms with Crippen LogP contribution in [0.25, 0.3) is 33.5 Å². The molecule has 0 saturated heterocycles. The van der Waals surface area contributed by atoms with E-state index >= 15 is 0 Å². The molecule has 0 aliphatic rings. The summed E-state index contributed by atoms with van der Waals surface area (Å²) in [5, 5.41) is 8.43. The van der Waals surface area contributed by atoms with Gasteiger partial charge in [0.05, 0.1) is 23.3 Å². The molecule has 2 aromatic carbocycles. The predicted octanol–water partition coefficient (Wildman–Crippen LogP) is 6.69. The Labute approximate surface area is 241 Å². The van der Waals surface area contributed by atoms with Crippen molar-refractivity contribution in [2.45, 2.75) is 45.4 Å². The van der Waals surface area contributed by atoms with Crippen LogP contribution >= 0.6 is 15.9 Å². The van der Waals surface area contributed by atoms with E-state index in [1.54, 1.807) is 30.2 Å². The van der Waals surface area contributed by atoms with Gasteiger partial charge in [-0.05, 0) is 48.9 Å². The topological polar surface area (TPSA) is 86.9 Å². The molecule has 1 atom stereocenters. The molecule has 0 saturated carbocycles. The van der Waals surface area contributed by atoms with Crippen LogP contribution in [0, 0.1) is 5.82 Å². The lowest BCUT2D eigenvalue weighted by molar-refractivity contribution is 0.0890. The molecule has 0 aliphatic carbocycles. The molecule has 3 heterocycles. The van der Waals surface area contributed by atoms with Crippen molar-refractivity contribution in [1.29, 1.82) is 0 Å². The van der Waals surface area contributed by atoms with E-state index < -0.39 is 8.07 Å². The van der Waals surface area contributed by atoms with Gasteiger partial charge in [-0.25, -0.2) is 14.4 Å². The molecular weight excluding hydrogens is 591 g/mol. The van der Waals surface area contributed by atoms with E-state index in [9.17, 15) is 9.18 Å². The third kappa shape index (κ3) is 6.01. The Bertz CT molecular complexity index is 1690. The first kappa shape index (κ1) is 28.1. The number of nitrogens with zero attached hydrogens (tertiary/aromatic N) is 5. The van der Waals surface area contributed by atoms with Gasteiger partial charge in [-0.15, -0.1) is 0 Å². The Kier molecular flexibility index (Phi) is 7.89. The maximum Gasteiger partial charge on any atom is 0.255 e. The van der Waals surface area contributed by atoms with Gasteiger partial charge < -0.3 is 14.6 Å². The number of benzene rings is 2. The Morgan fingerprint density at radius 2 is 1.93 bits per heavy atom. The Hall–Kier alpha value is -3.41. The fraction of sp³-hybridized carbons (Fsp3) is 0.310. The molecule has 0 fully saturated rings. The van der Waals surface area contributed by atoms with E-state index in [1.807, 2.05) is 35.8 Å². The summed E-state index contributed by atoms with van der Waals surface area (Å²) in [6.45, 7) is 9.75. The summed E-state index contributed by atoms with van der Waals surface area (Å²) >= 11 is 3.45. The van der Waals surface area contributed by atoms with Crippen molar-refractivity contribution in [3.05, 3.63) is 76.3 Å². The zero-order chi connectivity index (χ0) is 28.6. The zero-order valence-electron chi connectivity index (χ0n) is 23.2. The van der Waals surface area contributed by atoms with E-state index in [-0.39, 0.29) is 24.5 Å². The van der Waals surface area contributed by atoms with Crippen LogP contribution in [0.5, 0.6) is 0 Å². The molecule has 1 N–H and O–H groups in total. The highest BCUT2D eigenvalue weighted by molar-refractivity contribution is 9.10. The van der Waals surface area contributed by atoms with Crippen LogP contribution in [0.1, 0.15) is 28.9 Å². The molecule has 8 nitrogen and oxygen atoms in total. The molecule has 3 aromatic heterocycles. The summed E-state index contributed by atoms with van der Waals surface area (Å²) < 4.78 is 24.3. The van der Waals surface area contributed by atoms with Gasteiger partial charge in [-0.3, -0.25) is 9.48 Å². The summed E-state index contributed by atoms with van der Waals surface area (Å²) in [6, 6.07) is 13.2. The molecular formula is C29H32BrFN6O2Si.